The summed E-state index contributed by atoms with van der Waals surface area (Å²) in [7, 11) is 0. The number of carbonyl (C=O) groups is 1. The van der Waals surface area contributed by atoms with Gasteiger partial charge >= 0.3 is 0 Å². The molecule has 2 aromatic rings. The Hall–Kier alpha value is -2.97. The van der Waals surface area contributed by atoms with Crippen LogP contribution in [0.1, 0.15) is 43.6 Å². The average molecular weight is 480 g/mol. The number of likely N-dealkylation sites (tertiary alicyclic amines) is 2. The zero-order valence-electron chi connectivity index (χ0n) is 20.4. The van der Waals surface area contributed by atoms with Crippen LogP contribution in [0, 0.1) is 0 Å². The van der Waals surface area contributed by atoms with Crippen molar-refractivity contribution in [3.63, 3.8) is 0 Å². The first-order valence-corrected chi connectivity index (χ1v) is 12.7. The lowest BCUT2D eigenvalue weighted by Crippen LogP contribution is -2.49. The SMILES string of the molecule is C=C[C@H](CC(=O)N1CCC(O)(Cn2cnc(NCCN3CCCC3)cc2=O)CC1)c1ccccc1. The second-order valence-electron chi connectivity index (χ2n) is 9.78. The molecule has 2 saturated heterocycles. The zero-order valence-corrected chi connectivity index (χ0v) is 20.4. The summed E-state index contributed by atoms with van der Waals surface area (Å²) >= 11 is 0. The lowest BCUT2D eigenvalue weighted by Gasteiger charge is -2.38. The Balaban J connectivity index is 1.26. The van der Waals surface area contributed by atoms with Crippen LogP contribution in [0.4, 0.5) is 5.82 Å². The minimum absolute atomic E-state index is 0.0309. The summed E-state index contributed by atoms with van der Waals surface area (Å²) in [6.45, 7) is 8.98. The van der Waals surface area contributed by atoms with Crippen molar-refractivity contribution < 1.29 is 9.90 Å². The van der Waals surface area contributed by atoms with Gasteiger partial charge in [-0.25, -0.2) is 4.98 Å². The fourth-order valence-corrected chi connectivity index (χ4v) is 4.99. The van der Waals surface area contributed by atoms with E-state index in [-0.39, 0.29) is 23.9 Å². The van der Waals surface area contributed by atoms with Crippen LogP contribution in [0.3, 0.4) is 0 Å². The Labute approximate surface area is 207 Å². The van der Waals surface area contributed by atoms with Crippen LogP contribution >= 0.6 is 0 Å². The summed E-state index contributed by atoms with van der Waals surface area (Å²) in [6, 6.07) is 11.4. The smallest absolute Gasteiger partial charge is 0.255 e. The molecule has 0 radical (unpaired) electrons. The van der Waals surface area contributed by atoms with Crippen LogP contribution in [0.15, 0.2) is 60.2 Å². The van der Waals surface area contributed by atoms with Gasteiger partial charge in [0.15, 0.2) is 0 Å². The number of hydrogen-bond donors (Lipinski definition) is 2. The number of amides is 1. The van der Waals surface area contributed by atoms with Crippen molar-refractivity contribution in [3.8, 4) is 0 Å². The minimum Gasteiger partial charge on any atom is -0.388 e. The number of benzene rings is 1. The maximum absolute atomic E-state index is 12.9. The van der Waals surface area contributed by atoms with Crippen molar-refractivity contribution in [2.24, 2.45) is 0 Å². The highest BCUT2D eigenvalue weighted by Gasteiger charge is 2.35. The second kappa shape index (κ2) is 11.6. The monoisotopic (exact) mass is 479 g/mol. The number of aromatic nitrogens is 2. The Morgan fingerprint density at radius 1 is 1.17 bits per heavy atom. The molecule has 35 heavy (non-hydrogen) atoms. The molecular weight excluding hydrogens is 442 g/mol. The molecular formula is C27H37N5O3. The standard InChI is InChI=1S/C27H37N5O3/c1-2-22(23-8-4-3-5-9-23)18-25(33)31-15-10-27(35,11-16-31)20-32-21-29-24(19-26(32)34)28-12-17-30-13-6-7-14-30/h2-5,8-9,19,21-22,28,35H,1,6-7,10-18,20H2/t22-/m1/s1. The van der Waals surface area contributed by atoms with E-state index in [1.54, 1.807) is 0 Å². The molecule has 1 atom stereocenters. The van der Waals surface area contributed by atoms with Gasteiger partial charge in [-0.15, -0.1) is 6.58 Å². The van der Waals surface area contributed by atoms with Crippen LogP contribution in [-0.2, 0) is 11.3 Å². The number of anilines is 1. The number of nitrogens with zero attached hydrogens (tertiary/aromatic N) is 4. The van der Waals surface area contributed by atoms with E-state index in [9.17, 15) is 14.7 Å². The van der Waals surface area contributed by atoms with E-state index in [1.165, 1.54) is 29.8 Å². The first-order chi connectivity index (χ1) is 17.0. The van der Waals surface area contributed by atoms with Gasteiger partial charge in [-0.3, -0.25) is 14.2 Å². The Morgan fingerprint density at radius 3 is 2.54 bits per heavy atom. The molecule has 1 aromatic carbocycles. The van der Waals surface area contributed by atoms with E-state index >= 15 is 0 Å². The van der Waals surface area contributed by atoms with Crippen LogP contribution in [0.2, 0.25) is 0 Å². The third-order valence-corrected chi connectivity index (χ3v) is 7.23. The van der Waals surface area contributed by atoms with Crippen LogP contribution in [-0.4, -0.2) is 75.2 Å². The summed E-state index contributed by atoms with van der Waals surface area (Å²) in [4.78, 5) is 34.1. The number of aliphatic hydroxyl groups is 1. The van der Waals surface area contributed by atoms with Gasteiger partial charge in [0.1, 0.15) is 5.82 Å². The molecule has 8 nitrogen and oxygen atoms in total. The highest BCUT2D eigenvalue weighted by molar-refractivity contribution is 5.77. The summed E-state index contributed by atoms with van der Waals surface area (Å²) in [5, 5.41) is 14.3. The summed E-state index contributed by atoms with van der Waals surface area (Å²) < 4.78 is 1.46. The quantitative estimate of drug-likeness (QED) is 0.509. The van der Waals surface area contributed by atoms with Crippen molar-refractivity contribution in [1.29, 1.82) is 0 Å². The molecule has 4 rings (SSSR count). The topological polar surface area (TPSA) is 90.7 Å². The van der Waals surface area contributed by atoms with Crippen LogP contribution in [0.5, 0.6) is 0 Å². The van der Waals surface area contributed by atoms with E-state index in [4.69, 9.17) is 0 Å². The molecule has 2 fully saturated rings. The number of allylic oxidation sites excluding steroid dienone is 1. The summed E-state index contributed by atoms with van der Waals surface area (Å²) in [6.07, 6.45) is 7.04. The maximum Gasteiger partial charge on any atom is 0.255 e. The van der Waals surface area contributed by atoms with E-state index in [0.717, 1.165) is 31.7 Å². The number of piperidine rings is 1. The minimum atomic E-state index is -1.04. The van der Waals surface area contributed by atoms with Crippen molar-refractivity contribution in [2.75, 3.05) is 44.6 Å². The lowest BCUT2D eigenvalue weighted by atomic mass is 9.90. The van der Waals surface area contributed by atoms with Crippen molar-refractivity contribution in [3.05, 3.63) is 71.3 Å². The third-order valence-electron chi connectivity index (χ3n) is 7.23. The molecule has 0 aliphatic carbocycles. The zero-order chi connectivity index (χ0) is 24.7. The van der Waals surface area contributed by atoms with E-state index in [0.29, 0.717) is 38.2 Å². The highest BCUT2D eigenvalue weighted by Crippen LogP contribution is 2.27. The Bertz CT molecular complexity index is 1040. The number of carbonyl (C=O) groups excluding carboxylic acids is 1. The normalized spacial score (nSPS) is 18.8. The number of nitrogens with one attached hydrogen (secondary N) is 1. The first kappa shape index (κ1) is 25.1. The summed E-state index contributed by atoms with van der Waals surface area (Å²) in [5.74, 6) is 0.591. The second-order valence-corrected chi connectivity index (χ2v) is 9.78. The molecule has 1 aromatic heterocycles. The van der Waals surface area contributed by atoms with Gasteiger partial charge in [0, 0.05) is 44.6 Å². The van der Waals surface area contributed by atoms with Gasteiger partial charge in [-0.1, -0.05) is 36.4 Å². The number of rotatable bonds is 10. The largest absolute Gasteiger partial charge is 0.388 e. The average Bonchev–Trinajstić information content (AvgIpc) is 3.38. The summed E-state index contributed by atoms with van der Waals surface area (Å²) in [5.41, 5.74) is -0.151. The molecule has 0 saturated carbocycles. The lowest BCUT2D eigenvalue weighted by molar-refractivity contribution is -0.136. The molecule has 188 valence electrons. The van der Waals surface area contributed by atoms with Gasteiger partial charge in [0.05, 0.1) is 18.5 Å². The van der Waals surface area contributed by atoms with Gasteiger partial charge in [0.2, 0.25) is 5.91 Å². The van der Waals surface area contributed by atoms with Gasteiger partial charge < -0.3 is 20.2 Å². The fraction of sp³-hybridized carbons (Fsp3) is 0.519. The molecule has 0 spiro atoms. The van der Waals surface area contributed by atoms with Crippen molar-refractivity contribution >= 4 is 11.7 Å². The maximum atomic E-state index is 12.9. The van der Waals surface area contributed by atoms with Gasteiger partial charge in [0.25, 0.3) is 5.56 Å². The van der Waals surface area contributed by atoms with Gasteiger partial charge in [-0.2, -0.15) is 0 Å². The molecule has 0 bridgehead atoms. The van der Waals surface area contributed by atoms with E-state index in [1.807, 2.05) is 41.3 Å². The molecule has 1 amide bonds. The van der Waals surface area contributed by atoms with E-state index in [2.05, 4.69) is 21.8 Å². The fourth-order valence-electron chi connectivity index (χ4n) is 4.99. The molecule has 0 unspecified atom stereocenters. The predicted octanol–water partition coefficient (Wildman–Crippen LogP) is 2.46. The van der Waals surface area contributed by atoms with E-state index < -0.39 is 5.60 Å². The molecule has 2 aliphatic rings. The predicted molar refractivity (Wildman–Crippen MR) is 137 cm³/mol. The Morgan fingerprint density at radius 2 is 1.89 bits per heavy atom. The van der Waals surface area contributed by atoms with Crippen molar-refractivity contribution in [1.82, 2.24) is 19.4 Å². The van der Waals surface area contributed by atoms with Gasteiger partial charge in [-0.05, 0) is 44.3 Å². The molecule has 2 N–H and O–H groups in total. The Kier molecular flexibility index (Phi) is 8.36. The molecule has 2 aliphatic heterocycles. The van der Waals surface area contributed by atoms with Crippen molar-refractivity contribution in [2.45, 2.75) is 50.2 Å². The van der Waals surface area contributed by atoms with Crippen LogP contribution < -0.4 is 10.9 Å². The molecule has 8 heteroatoms. The number of hydrogen-bond acceptors (Lipinski definition) is 6. The highest BCUT2D eigenvalue weighted by atomic mass is 16.3. The van der Waals surface area contributed by atoms with Crippen LogP contribution in [0.25, 0.3) is 0 Å². The third kappa shape index (κ3) is 6.80. The molecule has 3 heterocycles. The first-order valence-electron chi connectivity index (χ1n) is 12.7.